The fourth-order valence-electron chi connectivity index (χ4n) is 3.62. The van der Waals surface area contributed by atoms with Gasteiger partial charge in [-0.05, 0) is 61.0 Å². The lowest BCUT2D eigenvalue weighted by atomic mass is 10.0. The third-order valence-corrected chi connectivity index (χ3v) is 6.07. The van der Waals surface area contributed by atoms with E-state index in [1.54, 1.807) is 33.3 Å². The number of thiophene rings is 1. The van der Waals surface area contributed by atoms with Crippen molar-refractivity contribution in [1.82, 2.24) is 15.1 Å². The quantitative estimate of drug-likeness (QED) is 0.688. The molecule has 1 aliphatic rings. The summed E-state index contributed by atoms with van der Waals surface area (Å²) in [4.78, 5) is 30.1. The van der Waals surface area contributed by atoms with Crippen molar-refractivity contribution in [3.8, 4) is 5.75 Å². The molecular weight excluding hydrogens is 405 g/mol. The number of carbonyl (C=O) groups excluding carboxylic acids is 2. The molecule has 0 unspecified atom stereocenters. The van der Waals surface area contributed by atoms with Crippen LogP contribution in [-0.4, -0.2) is 54.5 Å². The van der Waals surface area contributed by atoms with Gasteiger partial charge >= 0.3 is 6.03 Å². The minimum absolute atomic E-state index is 0.0339. The van der Waals surface area contributed by atoms with Crippen LogP contribution in [0.3, 0.4) is 0 Å². The van der Waals surface area contributed by atoms with E-state index in [2.05, 4.69) is 5.32 Å². The molecule has 1 aromatic heterocycles. The first-order valence-corrected chi connectivity index (χ1v) is 11.2. The van der Waals surface area contributed by atoms with Crippen LogP contribution in [0.2, 0.25) is 0 Å². The number of nitrogens with zero attached hydrogens (tertiary/aromatic N) is 2. The summed E-state index contributed by atoms with van der Waals surface area (Å²) in [5.74, 6) is 0.138. The average Bonchev–Trinajstić information content (AvgIpc) is 3.22. The second kappa shape index (κ2) is 10.4. The van der Waals surface area contributed by atoms with Crippen molar-refractivity contribution in [1.29, 1.82) is 0 Å². The summed E-state index contributed by atoms with van der Waals surface area (Å²) in [5, 5.41) is 4.80. The summed E-state index contributed by atoms with van der Waals surface area (Å²) in [6.07, 6.45) is 1.57. The van der Waals surface area contributed by atoms with Gasteiger partial charge in [0.25, 0.3) is 0 Å². The number of fused-ring (bicyclic) bond motifs is 1. The summed E-state index contributed by atoms with van der Waals surface area (Å²) in [7, 11) is 0. The summed E-state index contributed by atoms with van der Waals surface area (Å²) in [6, 6.07) is 7.43. The highest BCUT2D eigenvalue weighted by Gasteiger charge is 2.33. The summed E-state index contributed by atoms with van der Waals surface area (Å²) >= 11 is 1.68. The molecule has 0 saturated carbocycles. The molecule has 6 nitrogen and oxygen atoms in total. The second-order valence-electron chi connectivity index (χ2n) is 7.17. The number of hydrogen-bond donors (Lipinski definition) is 1. The summed E-state index contributed by atoms with van der Waals surface area (Å²) in [5.41, 5.74) is 1.08. The van der Waals surface area contributed by atoms with Gasteiger partial charge in [-0.15, -0.1) is 11.3 Å². The summed E-state index contributed by atoms with van der Waals surface area (Å²) in [6.45, 7) is 5.76. The first kappa shape index (κ1) is 22.1. The maximum atomic E-state index is 13.2. The van der Waals surface area contributed by atoms with Crippen LogP contribution in [0.4, 0.5) is 9.18 Å². The van der Waals surface area contributed by atoms with E-state index in [1.807, 2.05) is 25.3 Å². The standard InChI is InChI=1S/C22H28FN3O3S/c1-3-11-25(22(28)24-4-2)14-21(27)26-12-9-20-18(10-13-30-20)19(26)15-29-17-7-5-16(23)6-8-17/h5-8,10,13,19H,3-4,9,11-12,14-15H2,1-2H3,(H,24,28)/t19-/m0/s1. The van der Waals surface area contributed by atoms with Crippen molar-refractivity contribution in [2.24, 2.45) is 0 Å². The van der Waals surface area contributed by atoms with Crippen LogP contribution < -0.4 is 10.1 Å². The Hall–Kier alpha value is -2.61. The van der Waals surface area contributed by atoms with Crippen LogP contribution in [0.1, 0.15) is 36.8 Å². The van der Waals surface area contributed by atoms with Gasteiger partial charge in [0.1, 0.15) is 24.7 Å². The molecule has 0 aliphatic carbocycles. The van der Waals surface area contributed by atoms with Gasteiger partial charge in [-0.25, -0.2) is 9.18 Å². The molecule has 162 valence electrons. The van der Waals surface area contributed by atoms with Crippen molar-refractivity contribution in [2.75, 3.05) is 32.8 Å². The monoisotopic (exact) mass is 433 g/mol. The molecule has 1 atom stereocenters. The van der Waals surface area contributed by atoms with Gasteiger partial charge in [-0.1, -0.05) is 6.92 Å². The Bertz CT molecular complexity index is 856. The number of halogens is 1. The molecule has 0 fully saturated rings. The fourth-order valence-corrected chi connectivity index (χ4v) is 4.55. The normalized spacial score (nSPS) is 15.4. The number of urea groups is 1. The summed E-state index contributed by atoms with van der Waals surface area (Å²) < 4.78 is 19.1. The third-order valence-electron chi connectivity index (χ3n) is 5.07. The predicted molar refractivity (Wildman–Crippen MR) is 115 cm³/mol. The molecule has 8 heteroatoms. The number of ether oxygens (including phenoxy) is 1. The highest BCUT2D eigenvalue weighted by atomic mass is 32.1. The minimum Gasteiger partial charge on any atom is -0.491 e. The van der Waals surface area contributed by atoms with Crippen LogP contribution in [0.15, 0.2) is 35.7 Å². The maximum absolute atomic E-state index is 13.2. The van der Waals surface area contributed by atoms with Gasteiger partial charge in [0.15, 0.2) is 0 Å². The lowest BCUT2D eigenvalue weighted by Gasteiger charge is -2.37. The van der Waals surface area contributed by atoms with Crippen molar-refractivity contribution >= 4 is 23.3 Å². The predicted octanol–water partition coefficient (Wildman–Crippen LogP) is 3.83. The molecule has 30 heavy (non-hydrogen) atoms. The largest absolute Gasteiger partial charge is 0.491 e. The van der Waals surface area contributed by atoms with Crippen LogP contribution in [0.5, 0.6) is 5.75 Å². The second-order valence-corrected chi connectivity index (χ2v) is 8.17. The molecule has 3 rings (SSSR count). The van der Waals surface area contributed by atoms with E-state index in [0.717, 1.165) is 18.4 Å². The topological polar surface area (TPSA) is 61.9 Å². The van der Waals surface area contributed by atoms with Crippen molar-refractivity contribution in [2.45, 2.75) is 32.7 Å². The Morgan fingerprint density at radius 1 is 1.27 bits per heavy atom. The first-order chi connectivity index (χ1) is 14.5. The minimum atomic E-state index is -0.321. The Morgan fingerprint density at radius 3 is 2.73 bits per heavy atom. The van der Waals surface area contributed by atoms with E-state index in [1.165, 1.54) is 17.0 Å². The van der Waals surface area contributed by atoms with E-state index >= 15 is 0 Å². The zero-order valence-corrected chi connectivity index (χ0v) is 18.2. The highest BCUT2D eigenvalue weighted by molar-refractivity contribution is 7.10. The molecule has 3 amide bonds. The highest BCUT2D eigenvalue weighted by Crippen LogP contribution is 2.34. The Labute approximate surface area is 180 Å². The SMILES string of the molecule is CCCN(CC(=O)N1CCc2sccc2[C@@H]1COc1ccc(F)cc1)C(=O)NCC. The first-order valence-electron chi connectivity index (χ1n) is 10.3. The van der Waals surface area contributed by atoms with E-state index < -0.39 is 0 Å². The molecule has 0 saturated heterocycles. The van der Waals surface area contributed by atoms with Gasteiger partial charge < -0.3 is 19.9 Å². The number of carbonyl (C=O) groups is 2. The fraction of sp³-hybridized carbons (Fsp3) is 0.455. The van der Waals surface area contributed by atoms with Gasteiger partial charge in [-0.3, -0.25) is 4.79 Å². The van der Waals surface area contributed by atoms with Gasteiger partial charge in [-0.2, -0.15) is 0 Å². The number of amides is 3. The Morgan fingerprint density at radius 2 is 2.03 bits per heavy atom. The van der Waals surface area contributed by atoms with Crippen molar-refractivity contribution in [3.05, 3.63) is 52.0 Å². The zero-order valence-electron chi connectivity index (χ0n) is 17.4. The number of hydrogen-bond acceptors (Lipinski definition) is 4. The van der Waals surface area contributed by atoms with Gasteiger partial charge in [0.2, 0.25) is 5.91 Å². The van der Waals surface area contributed by atoms with E-state index in [9.17, 15) is 14.0 Å². The van der Waals surface area contributed by atoms with E-state index in [-0.39, 0.29) is 36.9 Å². The van der Waals surface area contributed by atoms with Crippen LogP contribution in [-0.2, 0) is 11.2 Å². The lowest BCUT2D eigenvalue weighted by Crippen LogP contribution is -2.50. The molecule has 1 N–H and O–H groups in total. The lowest BCUT2D eigenvalue weighted by molar-refractivity contribution is -0.135. The van der Waals surface area contributed by atoms with Gasteiger partial charge in [0.05, 0.1) is 6.04 Å². The molecule has 1 aromatic carbocycles. The van der Waals surface area contributed by atoms with Gasteiger partial charge in [0, 0.05) is 24.5 Å². The molecule has 2 aromatic rings. The van der Waals surface area contributed by atoms with Crippen molar-refractivity contribution < 1.29 is 18.7 Å². The molecular formula is C22H28FN3O3S. The zero-order chi connectivity index (χ0) is 21.5. The molecule has 2 heterocycles. The van der Waals surface area contributed by atoms with E-state index in [0.29, 0.717) is 25.4 Å². The average molecular weight is 434 g/mol. The van der Waals surface area contributed by atoms with Crippen LogP contribution in [0, 0.1) is 5.82 Å². The molecule has 1 aliphatic heterocycles. The number of rotatable bonds is 8. The van der Waals surface area contributed by atoms with E-state index in [4.69, 9.17) is 4.74 Å². The third kappa shape index (κ3) is 5.30. The van der Waals surface area contributed by atoms with Crippen LogP contribution in [0.25, 0.3) is 0 Å². The molecule has 0 bridgehead atoms. The molecule has 0 spiro atoms. The Balaban J connectivity index is 1.74. The number of benzene rings is 1. The smallest absolute Gasteiger partial charge is 0.317 e. The van der Waals surface area contributed by atoms with Crippen molar-refractivity contribution in [3.63, 3.8) is 0 Å². The van der Waals surface area contributed by atoms with Crippen LogP contribution >= 0.6 is 11.3 Å². The maximum Gasteiger partial charge on any atom is 0.317 e. The molecule has 0 radical (unpaired) electrons. The number of nitrogens with one attached hydrogen (secondary N) is 1. The Kier molecular flexibility index (Phi) is 7.68.